The number of rotatable bonds is 3. The lowest BCUT2D eigenvalue weighted by Crippen LogP contribution is -2.39. The molecule has 2 aromatic rings. The Morgan fingerprint density at radius 3 is 2.88 bits per heavy atom. The molecule has 2 aliphatic heterocycles. The van der Waals surface area contributed by atoms with Crippen molar-refractivity contribution in [3.8, 4) is 0 Å². The van der Waals surface area contributed by atoms with Crippen molar-refractivity contribution in [3.63, 3.8) is 0 Å². The van der Waals surface area contributed by atoms with E-state index in [0.717, 1.165) is 49.1 Å². The van der Waals surface area contributed by atoms with Crippen molar-refractivity contribution < 1.29 is 9.32 Å². The van der Waals surface area contributed by atoms with Gasteiger partial charge >= 0.3 is 0 Å². The number of thiophene rings is 1. The Morgan fingerprint density at radius 2 is 2.17 bits per heavy atom. The first-order valence-corrected chi connectivity index (χ1v) is 9.46. The van der Waals surface area contributed by atoms with E-state index in [2.05, 4.69) is 15.0 Å². The van der Waals surface area contributed by atoms with Crippen LogP contribution in [0.3, 0.4) is 0 Å². The van der Waals surface area contributed by atoms with Crippen LogP contribution < -0.4 is 0 Å². The minimum absolute atomic E-state index is 0.205. The van der Waals surface area contributed by atoms with Gasteiger partial charge in [-0.15, -0.1) is 11.3 Å². The van der Waals surface area contributed by atoms with Crippen LogP contribution in [0.1, 0.15) is 33.1 Å². The highest BCUT2D eigenvalue weighted by Crippen LogP contribution is 2.33. The highest BCUT2D eigenvalue weighted by Gasteiger charge is 2.39. The first-order chi connectivity index (χ1) is 11.6. The van der Waals surface area contributed by atoms with Crippen molar-refractivity contribution in [1.29, 1.82) is 0 Å². The molecule has 2 atom stereocenters. The van der Waals surface area contributed by atoms with Crippen LogP contribution >= 0.6 is 11.3 Å². The Bertz CT molecular complexity index is 705. The maximum Gasteiger partial charge on any atom is 0.263 e. The molecule has 0 aromatic carbocycles. The summed E-state index contributed by atoms with van der Waals surface area (Å²) in [7, 11) is 0. The van der Waals surface area contributed by atoms with Gasteiger partial charge in [-0.3, -0.25) is 9.69 Å². The van der Waals surface area contributed by atoms with E-state index in [-0.39, 0.29) is 5.91 Å². The quantitative estimate of drug-likeness (QED) is 0.858. The van der Waals surface area contributed by atoms with Crippen molar-refractivity contribution in [2.45, 2.75) is 26.8 Å². The van der Waals surface area contributed by atoms with E-state index in [1.165, 1.54) is 23.3 Å². The molecule has 2 saturated heterocycles. The van der Waals surface area contributed by atoms with Crippen LogP contribution in [0.15, 0.2) is 22.0 Å². The van der Waals surface area contributed by atoms with Crippen molar-refractivity contribution in [2.75, 3.05) is 26.2 Å². The summed E-state index contributed by atoms with van der Waals surface area (Å²) in [5.41, 5.74) is 2.22. The molecular weight excluding hydrogens is 322 g/mol. The van der Waals surface area contributed by atoms with Gasteiger partial charge in [0.15, 0.2) is 0 Å². The summed E-state index contributed by atoms with van der Waals surface area (Å²) in [6, 6.07) is 3.88. The SMILES string of the molecule is Cc1noc(C)c1CN1CC[C@H]2CN(C(=O)c3cccs3)C[C@H]2C1. The molecule has 2 fully saturated rings. The van der Waals surface area contributed by atoms with E-state index in [4.69, 9.17) is 4.52 Å². The van der Waals surface area contributed by atoms with Crippen LogP contribution in [-0.4, -0.2) is 47.0 Å². The van der Waals surface area contributed by atoms with E-state index in [1.54, 1.807) is 0 Å². The Morgan fingerprint density at radius 1 is 1.33 bits per heavy atom. The smallest absolute Gasteiger partial charge is 0.263 e. The number of fused-ring (bicyclic) bond motifs is 1. The van der Waals surface area contributed by atoms with Crippen LogP contribution in [0.2, 0.25) is 0 Å². The maximum absolute atomic E-state index is 12.6. The molecule has 6 heteroatoms. The number of piperidine rings is 1. The molecule has 0 N–H and O–H groups in total. The third-order valence-electron chi connectivity index (χ3n) is 5.47. The number of amides is 1. The number of aromatic nitrogens is 1. The predicted molar refractivity (Wildman–Crippen MR) is 93.1 cm³/mol. The fourth-order valence-electron chi connectivity index (χ4n) is 4.06. The van der Waals surface area contributed by atoms with E-state index >= 15 is 0 Å². The summed E-state index contributed by atoms with van der Waals surface area (Å²) in [5, 5.41) is 6.03. The standard InChI is InChI=1S/C18H23N3O2S/c1-12-16(13(2)23-19-12)11-20-6-5-14-9-21(10-15(14)8-20)18(22)17-4-3-7-24-17/h3-4,7,14-15H,5-6,8-11H2,1-2H3/t14-,15+/m0/s1. The number of carbonyl (C=O) groups excluding carboxylic acids is 1. The zero-order valence-electron chi connectivity index (χ0n) is 14.2. The second-order valence-corrected chi connectivity index (χ2v) is 7.98. The zero-order valence-corrected chi connectivity index (χ0v) is 15.0. The molecule has 2 aromatic heterocycles. The van der Waals surface area contributed by atoms with Crippen LogP contribution in [0.5, 0.6) is 0 Å². The van der Waals surface area contributed by atoms with Gasteiger partial charge in [-0.1, -0.05) is 11.2 Å². The number of hydrogen-bond acceptors (Lipinski definition) is 5. The van der Waals surface area contributed by atoms with Gasteiger partial charge in [0.2, 0.25) is 0 Å². The highest BCUT2D eigenvalue weighted by atomic mass is 32.1. The van der Waals surface area contributed by atoms with Gasteiger partial charge in [0.05, 0.1) is 10.6 Å². The first-order valence-electron chi connectivity index (χ1n) is 8.58. The highest BCUT2D eigenvalue weighted by molar-refractivity contribution is 7.12. The zero-order chi connectivity index (χ0) is 16.7. The van der Waals surface area contributed by atoms with Crippen molar-refractivity contribution in [2.24, 2.45) is 11.8 Å². The molecular formula is C18H23N3O2S. The van der Waals surface area contributed by atoms with Crippen LogP contribution in [0.25, 0.3) is 0 Å². The molecule has 4 heterocycles. The van der Waals surface area contributed by atoms with Gasteiger partial charge in [0, 0.05) is 31.7 Å². The molecule has 0 aliphatic carbocycles. The molecule has 0 saturated carbocycles. The summed E-state index contributed by atoms with van der Waals surface area (Å²) in [6.07, 6.45) is 1.17. The van der Waals surface area contributed by atoms with E-state index in [0.29, 0.717) is 11.8 Å². The molecule has 1 amide bonds. The van der Waals surface area contributed by atoms with Gasteiger partial charge in [-0.2, -0.15) is 0 Å². The molecule has 0 bridgehead atoms. The minimum Gasteiger partial charge on any atom is -0.361 e. The van der Waals surface area contributed by atoms with Crippen molar-refractivity contribution in [1.82, 2.24) is 15.0 Å². The second kappa shape index (κ2) is 6.33. The van der Waals surface area contributed by atoms with Gasteiger partial charge in [-0.05, 0) is 50.1 Å². The van der Waals surface area contributed by atoms with Crippen LogP contribution in [-0.2, 0) is 6.54 Å². The fourth-order valence-corrected chi connectivity index (χ4v) is 4.75. The number of hydrogen-bond donors (Lipinski definition) is 0. The Hall–Kier alpha value is -1.66. The van der Waals surface area contributed by atoms with Crippen molar-refractivity contribution >= 4 is 17.2 Å². The molecule has 5 nitrogen and oxygen atoms in total. The summed E-state index contributed by atoms with van der Waals surface area (Å²) >= 11 is 1.54. The largest absolute Gasteiger partial charge is 0.361 e. The summed E-state index contributed by atoms with van der Waals surface area (Å²) in [5.74, 6) is 2.37. The fraction of sp³-hybridized carbons (Fsp3) is 0.556. The van der Waals surface area contributed by atoms with E-state index in [9.17, 15) is 4.79 Å². The average Bonchev–Trinajstić information content (AvgIpc) is 3.30. The van der Waals surface area contributed by atoms with Crippen LogP contribution in [0, 0.1) is 25.7 Å². The Kier molecular flexibility index (Phi) is 4.18. The lowest BCUT2D eigenvalue weighted by molar-refractivity contribution is 0.0788. The van der Waals surface area contributed by atoms with E-state index < -0.39 is 0 Å². The molecule has 128 valence electrons. The number of carbonyl (C=O) groups is 1. The third kappa shape index (κ3) is 2.89. The molecule has 2 aliphatic rings. The third-order valence-corrected chi connectivity index (χ3v) is 6.33. The maximum atomic E-state index is 12.6. The second-order valence-electron chi connectivity index (χ2n) is 7.03. The Labute approximate surface area is 146 Å². The van der Waals surface area contributed by atoms with Crippen LogP contribution in [0.4, 0.5) is 0 Å². The van der Waals surface area contributed by atoms with Gasteiger partial charge < -0.3 is 9.42 Å². The van der Waals surface area contributed by atoms with Gasteiger partial charge in [0.1, 0.15) is 5.76 Å². The average molecular weight is 345 g/mol. The molecule has 24 heavy (non-hydrogen) atoms. The summed E-state index contributed by atoms with van der Waals surface area (Å²) < 4.78 is 5.28. The monoisotopic (exact) mass is 345 g/mol. The predicted octanol–water partition coefficient (Wildman–Crippen LogP) is 2.95. The molecule has 0 spiro atoms. The van der Waals surface area contributed by atoms with Gasteiger partial charge in [-0.25, -0.2) is 0 Å². The minimum atomic E-state index is 0.205. The number of likely N-dealkylation sites (tertiary alicyclic amines) is 2. The van der Waals surface area contributed by atoms with Gasteiger partial charge in [0.25, 0.3) is 5.91 Å². The Balaban J connectivity index is 1.40. The van der Waals surface area contributed by atoms with E-state index in [1.807, 2.05) is 31.4 Å². The number of aryl methyl sites for hydroxylation is 2. The summed E-state index contributed by atoms with van der Waals surface area (Å²) in [6.45, 7) is 8.85. The summed E-state index contributed by atoms with van der Waals surface area (Å²) in [4.78, 5) is 18.0. The topological polar surface area (TPSA) is 49.6 Å². The number of nitrogens with zero attached hydrogens (tertiary/aromatic N) is 3. The first kappa shape index (κ1) is 15.8. The molecule has 4 rings (SSSR count). The lowest BCUT2D eigenvalue weighted by atomic mass is 9.88. The molecule has 0 radical (unpaired) electrons. The van der Waals surface area contributed by atoms with Crippen molar-refractivity contribution in [3.05, 3.63) is 39.4 Å². The normalized spacial score (nSPS) is 24.3. The molecule has 0 unspecified atom stereocenters. The lowest BCUT2D eigenvalue weighted by Gasteiger charge is -2.34.